The summed E-state index contributed by atoms with van der Waals surface area (Å²) < 4.78 is 4.89. The van der Waals surface area contributed by atoms with Crippen LogP contribution in [0.3, 0.4) is 0 Å². The van der Waals surface area contributed by atoms with Gasteiger partial charge < -0.3 is 9.64 Å². The summed E-state index contributed by atoms with van der Waals surface area (Å²) in [4.78, 5) is 26.1. The van der Waals surface area contributed by atoms with E-state index in [1.165, 1.54) is 35.8 Å². The van der Waals surface area contributed by atoms with Crippen LogP contribution in [0.25, 0.3) is 10.2 Å². The lowest BCUT2D eigenvalue weighted by atomic mass is 9.97. The fraction of sp³-hybridized carbons (Fsp3) is 0.588. The van der Waals surface area contributed by atoms with Gasteiger partial charge in [0.2, 0.25) is 0 Å². The number of aromatic nitrogens is 2. The number of fused-ring (bicyclic) bond motifs is 3. The number of hydrogen-bond donors (Lipinski definition) is 0. The molecule has 1 saturated heterocycles. The summed E-state index contributed by atoms with van der Waals surface area (Å²) in [6, 6.07) is 0. The molecule has 4 rings (SSSR count). The van der Waals surface area contributed by atoms with Crippen LogP contribution in [-0.4, -0.2) is 36.1 Å². The zero-order valence-corrected chi connectivity index (χ0v) is 14.4. The number of nitrogens with zero attached hydrogens (tertiary/aromatic N) is 3. The number of methoxy groups -OCH3 is 1. The quantitative estimate of drug-likeness (QED) is 0.792. The number of aryl methyl sites for hydroxylation is 3. The van der Waals surface area contributed by atoms with Gasteiger partial charge in [-0.05, 0) is 44.6 Å². The molecule has 0 bridgehead atoms. The standard InChI is InChI=1S/C17H21N3O2S/c1-10-18-15(20-8-6-11(7-9-20)17(21)22-2)14-12-4-3-5-13(12)23-16(14)19-10/h11H,3-9H2,1-2H3. The van der Waals surface area contributed by atoms with E-state index in [4.69, 9.17) is 9.72 Å². The normalized spacial score (nSPS) is 18.4. The average molecular weight is 331 g/mol. The van der Waals surface area contributed by atoms with Crippen molar-refractivity contribution >= 4 is 33.3 Å². The summed E-state index contributed by atoms with van der Waals surface area (Å²) in [6.45, 7) is 3.68. The Morgan fingerprint density at radius 1 is 1.26 bits per heavy atom. The van der Waals surface area contributed by atoms with Crippen LogP contribution in [0.5, 0.6) is 0 Å². The number of esters is 1. The Kier molecular flexibility index (Phi) is 3.71. The molecular weight excluding hydrogens is 310 g/mol. The smallest absolute Gasteiger partial charge is 0.308 e. The second kappa shape index (κ2) is 5.74. The van der Waals surface area contributed by atoms with E-state index in [0.717, 1.165) is 48.8 Å². The van der Waals surface area contributed by atoms with Gasteiger partial charge in [-0.15, -0.1) is 11.3 Å². The minimum atomic E-state index is -0.0786. The summed E-state index contributed by atoms with van der Waals surface area (Å²) in [7, 11) is 1.47. The first kappa shape index (κ1) is 14.9. The first-order valence-electron chi connectivity index (χ1n) is 8.29. The van der Waals surface area contributed by atoms with Crippen LogP contribution in [0.4, 0.5) is 5.82 Å². The van der Waals surface area contributed by atoms with Gasteiger partial charge in [-0.25, -0.2) is 9.97 Å². The maximum Gasteiger partial charge on any atom is 0.308 e. The van der Waals surface area contributed by atoms with Crippen molar-refractivity contribution in [3.63, 3.8) is 0 Å². The summed E-state index contributed by atoms with van der Waals surface area (Å²) in [6.07, 6.45) is 5.24. The molecule has 0 aromatic carbocycles. The molecule has 0 N–H and O–H groups in total. The van der Waals surface area contributed by atoms with E-state index in [-0.39, 0.29) is 11.9 Å². The van der Waals surface area contributed by atoms with Crippen molar-refractivity contribution in [3.05, 3.63) is 16.3 Å². The highest BCUT2D eigenvalue weighted by Crippen LogP contribution is 2.41. The third-order valence-corrected chi connectivity index (χ3v) is 6.17. The van der Waals surface area contributed by atoms with Crippen molar-refractivity contribution in [1.29, 1.82) is 0 Å². The van der Waals surface area contributed by atoms with E-state index in [9.17, 15) is 4.79 Å². The lowest BCUT2D eigenvalue weighted by Gasteiger charge is -2.32. The van der Waals surface area contributed by atoms with Gasteiger partial charge in [0.15, 0.2) is 0 Å². The second-order valence-corrected chi connectivity index (χ2v) is 7.50. The minimum Gasteiger partial charge on any atom is -0.469 e. The molecule has 5 nitrogen and oxygen atoms in total. The van der Waals surface area contributed by atoms with E-state index >= 15 is 0 Å². The van der Waals surface area contributed by atoms with Crippen LogP contribution in [0, 0.1) is 12.8 Å². The predicted octanol–water partition coefficient (Wildman–Crippen LogP) is 2.88. The third-order valence-electron chi connectivity index (χ3n) is 4.99. The topological polar surface area (TPSA) is 55.3 Å². The second-order valence-electron chi connectivity index (χ2n) is 6.42. The number of thiophene rings is 1. The van der Waals surface area contributed by atoms with Crippen molar-refractivity contribution in [2.24, 2.45) is 5.92 Å². The Bertz CT molecular complexity index is 763. The monoisotopic (exact) mass is 331 g/mol. The highest BCUT2D eigenvalue weighted by molar-refractivity contribution is 7.19. The maximum atomic E-state index is 11.7. The molecule has 1 fully saturated rings. The van der Waals surface area contributed by atoms with Crippen LogP contribution >= 0.6 is 11.3 Å². The first-order chi connectivity index (χ1) is 11.2. The fourth-order valence-electron chi connectivity index (χ4n) is 3.80. The molecule has 2 aromatic heterocycles. The van der Waals surface area contributed by atoms with Crippen LogP contribution < -0.4 is 4.90 Å². The molecule has 0 saturated carbocycles. The molecule has 23 heavy (non-hydrogen) atoms. The largest absolute Gasteiger partial charge is 0.469 e. The molecule has 1 aliphatic carbocycles. The van der Waals surface area contributed by atoms with Crippen molar-refractivity contribution in [2.45, 2.75) is 39.0 Å². The molecule has 0 atom stereocenters. The Hall–Kier alpha value is -1.69. The molecule has 122 valence electrons. The van der Waals surface area contributed by atoms with Gasteiger partial charge in [0.25, 0.3) is 0 Å². The van der Waals surface area contributed by atoms with E-state index in [2.05, 4.69) is 9.88 Å². The molecule has 0 spiro atoms. The number of carbonyl (C=O) groups excluding carboxylic acids is 1. The number of piperidine rings is 1. The van der Waals surface area contributed by atoms with Gasteiger partial charge in [-0.2, -0.15) is 0 Å². The number of hydrogen-bond acceptors (Lipinski definition) is 6. The van der Waals surface area contributed by atoms with Gasteiger partial charge in [0, 0.05) is 18.0 Å². The highest BCUT2D eigenvalue weighted by atomic mass is 32.1. The first-order valence-corrected chi connectivity index (χ1v) is 9.10. The van der Waals surface area contributed by atoms with E-state index < -0.39 is 0 Å². The Morgan fingerprint density at radius 2 is 2.04 bits per heavy atom. The third kappa shape index (κ3) is 2.49. The Labute approximate surface area is 139 Å². The van der Waals surface area contributed by atoms with Gasteiger partial charge in [-0.1, -0.05) is 0 Å². The van der Waals surface area contributed by atoms with E-state index in [1.54, 1.807) is 0 Å². The molecule has 6 heteroatoms. The Balaban J connectivity index is 1.68. The van der Waals surface area contributed by atoms with Crippen LogP contribution in [0.15, 0.2) is 0 Å². The van der Waals surface area contributed by atoms with Gasteiger partial charge in [0.05, 0.1) is 18.4 Å². The predicted molar refractivity (Wildman–Crippen MR) is 91.1 cm³/mol. The molecule has 0 amide bonds. The Morgan fingerprint density at radius 3 is 2.78 bits per heavy atom. The van der Waals surface area contributed by atoms with E-state index in [1.807, 2.05) is 18.3 Å². The molecule has 1 aliphatic heterocycles. The fourth-order valence-corrected chi connectivity index (χ4v) is 5.10. The zero-order valence-electron chi connectivity index (χ0n) is 13.6. The lowest BCUT2D eigenvalue weighted by Crippen LogP contribution is -2.37. The molecule has 2 aromatic rings. The number of carbonyl (C=O) groups is 1. The van der Waals surface area contributed by atoms with Crippen molar-refractivity contribution in [2.75, 3.05) is 25.1 Å². The average Bonchev–Trinajstić information content (AvgIpc) is 3.14. The molecule has 0 radical (unpaired) electrons. The number of rotatable bonds is 2. The zero-order chi connectivity index (χ0) is 16.0. The van der Waals surface area contributed by atoms with Crippen LogP contribution in [0.1, 0.15) is 35.5 Å². The van der Waals surface area contributed by atoms with Crippen LogP contribution in [0.2, 0.25) is 0 Å². The SMILES string of the molecule is COC(=O)C1CCN(c2nc(C)nc3sc4c(c23)CCC4)CC1. The number of anilines is 1. The van der Waals surface area contributed by atoms with Crippen molar-refractivity contribution in [3.8, 4) is 0 Å². The summed E-state index contributed by atoms with van der Waals surface area (Å²) in [5.74, 6) is 1.87. The molecule has 0 unspecified atom stereocenters. The van der Waals surface area contributed by atoms with Gasteiger partial charge in [-0.3, -0.25) is 4.79 Å². The maximum absolute atomic E-state index is 11.7. The molecule has 3 heterocycles. The van der Waals surface area contributed by atoms with Gasteiger partial charge >= 0.3 is 5.97 Å². The van der Waals surface area contributed by atoms with Crippen molar-refractivity contribution in [1.82, 2.24) is 9.97 Å². The lowest BCUT2D eigenvalue weighted by molar-refractivity contribution is -0.146. The summed E-state index contributed by atoms with van der Waals surface area (Å²) in [5, 5.41) is 1.27. The van der Waals surface area contributed by atoms with E-state index in [0.29, 0.717) is 0 Å². The van der Waals surface area contributed by atoms with Crippen LogP contribution in [-0.2, 0) is 22.4 Å². The van der Waals surface area contributed by atoms with Crippen molar-refractivity contribution < 1.29 is 9.53 Å². The van der Waals surface area contributed by atoms with Gasteiger partial charge in [0.1, 0.15) is 16.5 Å². The number of ether oxygens (including phenoxy) is 1. The molecular formula is C17H21N3O2S. The summed E-state index contributed by atoms with van der Waals surface area (Å²) in [5.41, 5.74) is 1.47. The summed E-state index contributed by atoms with van der Waals surface area (Å²) >= 11 is 1.84. The molecule has 2 aliphatic rings. The highest BCUT2D eigenvalue weighted by Gasteiger charge is 2.29. The minimum absolute atomic E-state index is 0.0304.